The molecule has 0 aromatic heterocycles. The third kappa shape index (κ3) is 2.41. The van der Waals surface area contributed by atoms with Crippen LogP contribution >= 0.6 is 26.6 Å². The molecule has 88 valence electrons. The van der Waals surface area contributed by atoms with E-state index in [4.69, 9.17) is 10.7 Å². The first-order valence-electron chi connectivity index (χ1n) is 4.72. The Morgan fingerprint density at radius 3 is 2.44 bits per heavy atom. The zero-order valence-electron chi connectivity index (χ0n) is 8.21. The Balaban J connectivity index is 2.28. The maximum absolute atomic E-state index is 13.1. The molecule has 0 unspecified atom stereocenters. The van der Waals surface area contributed by atoms with Crippen molar-refractivity contribution in [3.05, 3.63) is 34.1 Å². The highest BCUT2D eigenvalue weighted by Gasteiger charge is 2.53. The summed E-state index contributed by atoms with van der Waals surface area (Å²) in [5.41, 5.74) is 0.647. The lowest BCUT2D eigenvalue weighted by atomic mass is 10.1. The maximum atomic E-state index is 13.1. The van der Waals surface area contributed by atoms with E-state index in [1.807, 2.05) is 0 Å². The highest BCUT2D eigenvalue weighted by atomic mass is 79.9. The summed E-state index contributed by atoms with van der Waals surface area (Å²) in [7, 11) is 1.80. The van der Waals surface area contributed by atoms with Crippen molar-refractivity contribution in [1.29, 1.82) is 0 Å². The molecule has 0 saturated heterocycles. The predicted molar refractivity (Wildman–Crippen MR) is 64.5 cm³/mol. The summed E-state index contributed by atoms with van der Waals surface area (Å²) >= 11 is 3.17. The van der Waals surface area contributed by atoms with Crippen molar-refractivity contribution in [2.45, 2.75) is 24.0 Å². The SMILES string of the molecule is O=S(=O)(Cl)C1(Cc2cc(F)cc(Br)c2)CC1. The summed E-state index contributed by atoms with van der Waals surface area (Å²) in [6, 6.07) is 4.39. The van der Waals surface area contributed by atoms with Gasteiger partial charge in [-0.15, -0.1) is 0 Å². The quantitative estimate of drug-likeness (QED) is 0.799. The van der Waals surface area contributed by atoms with Gasteiger partial charge in [-0.05, 0) is 43.0 Å². The van der Waals surface area contributed by atoms with Gasteiger partial charge >= 0.3 is 0 Å². The average molecular weight is 328 g/mol. The number of hydrogen-bond donors (Lipinski definition) is 0. The van der Waals surface area contributed by atoms with Crippen molar-refractivity contribution >= 4 is 35.7 Å². The van der Waals surface area contributed by atoms with Crippen molar-refractivity contribution < 1.29 is 12.8 Å². The summed E-state index contributed by atoms with van der Waals surface area (Å²) in [5, 5.41) is 0. The van der Waals surface area contributed by atoms with Crippen LogP contribution in [0.2, 0.25) is 0 Å². The molecule has 0 aliphatic heterocycles. The minimum atomic E-state index is -3.58. The molecule has 1 aliphatic rings. The summed E-state index contributed by atoms with van der Waals surface area (Å²) < 4.78 is 35.5. The first kappa shape index (κ1) is 12.3. The van der Waals surface area contributed by atoms with Crippen LogP contribution in [0.4, 0.5) is 4.39 Å². The monoisotopic (exact) mass is 326 g/mol. The third-order valence-electron chi connectivity index (χ3n) is 2.77. The molecule has 0 heterocycles. The first-order chi connectivity index (χ1) is 7.32. The van der Waals surface area contributed by atoms with E-state index in [2.05, 4.69) is 15.9 Å². The van der Waals surface area contributed by atoms with Gasteiger partial charge in [0.25, 0.3) is 0 Å². The Kier molecular flexibility index (Phi) is 3.05. The van der Waals surface area contributed by atoms with Crippen LogP contribution in [0.1, 0.15) is 18.4 Å². The van der Waals surface area contributed by atoms with E-state index in [1.54, 1.807) is 6.07 Å². The van der Waals surface area contributed by atoms with Crippen molar-refractivity contribution in [2.24, 2.45) is 0 Å². The summed E-state index contributed by atoms with van der Waals surface area (Å²) in [6.45, 7) is 0. The fraction of sp³-hybridized carbons (Fsp3) is 0.400. The predicted octanol–water partition coefficient (Wildman–Crippen LogP) is 3.23. The molecular weight excluding hydrogens is 319 g/mol. The molecule has 1 aromatic carbocycles. The fourth-order valence-electron chi connectivity index (χ4n) is 1.73. The van der Waals surface area contributed by atoms with Crippen LogP contribution in [-0.4, -0.2) is 13.2 Å². The van der Waals surface area contributed by atoms with Crippen molar-refractivity contribution in [3.8, 4) is 0 Å². The van der Waals surface area contributed by atoms with Gasteiger partial charge in [-0.2, -0.15) is 0 Å². The van der Waals surface area contributed by atoms with Crippen molar-refractivity contribution in [3.63, 3.8) is 0 Å². The van der Waals surface area contributed by atoms with E-state index in [0.29, 0.717) is 22.9 Å². The number of hydrogen-bond acceptors (Lipinski definition) is 2. The second-order valence-corrected chi connectivity index (χ2v) is 7.95. The van der Waals surface area contributed by atoms with Gasteiger partial charge in [-0.1, -0.05) is 15.9 Å². The Bertz CT molecular complexity index is 505. The van der Waals surface area contributed by atoms with Gasteiger partial charge in [-0.3, -0.25) is 0 Å². The largest absolute Gasteiger partial charge is 0.238 e. The highest BCUT2D eigenvalue weighted by Crippen LogP contribution is 2.48. The van der Waals surface area contributed by atoms with Crippen LogP contribution in [-0.2, 0) is 15.5 Å². The minimum Gasteiger partial charge on any atom is -0.212 e. The molecule has 0 amide bonds. The average Bonchev–Trinajstić information content (AvgIpc) is 2.81. The lowest BCUT2D eigenvalue weighted by Crippen LogP contribution is -2.20. The van der Waals surface area contributed by atoms with Crippen LogP contribution in [0.25, 0.3) is 0 Å². The van der Waals surface area contributed by atoms with Crippen LogP contribution < -0.4 is 0 Å². The molecule has 16 heavy (non-hydrogen) atoms. The molecule has 0 radical (unpaired) electrons. The van der Waals surface area contributed by atoms with E-state index >= 15 is 0 Å². The van der Waals surface area contributed by atoms with Crippen LogP contribution in [0, 0.1) is 5.82 Å². The van der Waals surface area contributed by atoms with Crippen LogP contribution in [0.5, 0.6) is 0 Å². The molecule has 0 bridgehead atoms. The molecule has 1 aromatic rings. The van der Waals surface area contributed by atoms with Gasteiger partial charge in [0.15, 0.2) is 0 Å². The summed E-state index contributed by atoms with van der Waals surface area (Å²) in [6.07, 6.45) is 1.37. The van der Waals surface area contributed by atoms with Gasteiger partial charge in [-0.25, -0.2) is 12.8 Å². The second kappa shape index (κ2) is 3.96. The summed E-state index contributed by atoms with van der Waals surface area (Å²) in [4.78, 5) is 0. The smallest absolute Gasteiger partial charge is 0.212 e. The summed E-state index contributed by atoms with van der Waals surface area (Å²) in [5.74, 6) is -0.382. The second-order valence-electron chi connectivity index (χ2n) is 4.08. The lowest BCUT2D eigenvalue weighted by Gasteiger charge is -2.11. The standard InChI is InChI=1S/C10H9BrClFO2S/c11-8-3-7(4-9(13)5-8)6-10(1-2-10)16(12,14)15/h3-5H,1-2,6H2. The number of benzene rings is 1. The lowest BCUT2D eigenvalue weighted by molar-refractivity contribution is 0.588. The van der Waals surface area contributed by atoms with Crippen LogP contribution in [0.15, 0.2) is 22.7 Å². The Morgan fingerprint density at radius 2 is 2.00 bits per heavy atom. The Morgan fingerprint density at radius 1 is 1.38 bits per heavy atom. The van der Waals surface area contributed by atoms with E-state index in [9.17, 15) is 12.8 Å². The Labute approximate surface area is 106 Å². The molecule has 0 spiro atoms. The number of halogens is 3. The van der Waals surface area contributed by atoms with Gasteiger partial charge in [0.2, 0.25) is 9.05 Å². The molecule has 1 aliphatic carbocycles. The first-order valence-corrected chi connectivity index (χ1v) is 7.82. The maximum Gasteiger partial charge on any atom is 0.238 e. The topological polar surface area (TPSA) is 34.1 Å². The number of rotatable bonds is 3. The fourth-order valence-corrected chi connectivity index (χ4v) is 3.80. The van der Waals surface area contributed by atoms with E-state index < -0.39 is 13.8 Å². The van der Waals surface area contributed by atoms with Gasteiger partial charge in [0.05, 0.1) is 4.75 Å². The normalized spacial score (nSPS) is 18.4. The molecule has 2 nitrogen and oxygen atoms in total. The third-order valence-corrected chi connectivity index (χ3v) is 5.80. The van der Waals surface area contributed by atoms with Gasteiger partial charge < -0.3 is 0 Å². The van der Waals surface area contributed by atoms with E-state index in [-0.39, 0.29) is 12.2 Å². The zero-order chi connectivity index (χ0) is 12.0. The van der Waals surface area contributed by atoms with Crippen molar-refractivity contribution in [1.82, 2.24) is 0 Å². The minimum absolute atomic E-state index is 0.273. The molecule has 2 rings (SSSR count). The van der Waals surface area contributed by atoms with Crippen molar-refractivity contribution in [2.75, 3.05) is 0 Å². The Hall–Kier alpha value is -0.130. The molecule has 1 fully saturated rings. The molecule has 0 N–H and O–H groups in total. The molecular formula is C10H9BrClFO2S. The van der Waals surface area contributed by atoms with E-state index in [0.717, 1.165) is 0 Å². The highest BCUT2D eigenvalue weighted by molar-refractivity contribution is 9.10. The molecule has 6 heteroatoms. The van der Waals surface area contributed by atoms with E-state index in [1.165, 1.54) is 12.1 Å². The van der Waals surface area contributed by atoms with Gasteiger partial charge in [0, 0.05) is 15.2 Å². The van der Waals surface area contributed by atoms with Gasteiger partial charge in [0.1, 0.15) is 5.82 Å². The zero-order valence-corrected chi connectivity index (χ0v) is 11.4. The molecule has 1 saturated carbocycles. The van der Waals surface area contributed by atoms with Crippen LogP contribution in [0.3, 0.4) is 0 Å². The molecule has 0 atom stereocenters.